The summed E-state index contributed by atoms with van der Waals surface area (Å²) in [5, 5.41) is 3.68. The highest BCUT2D eigenvalue weighted by molar-refractivity contribution is 5.20. The second-order valence-electron chi connectivity index (χ2n) is 5.09. The molecule has 0 spiro atoms. The standard InChI is InChI=1S/C17H29NO/c1-4-13-18-17(15(5-2)6-3)12-14-19-16-10-8-7-9-11-16/h7-11,15,17-18H,4-6,12-14H2,1-3H3. The molecule has 0 bridgehead atoms. The summed E-state index contributed by atoms with van der Waals surface area (Å²) >= 11 is 0. The van der Waals surface area contributed by atoms with Crippen LogP contribution in [0.2, 0.25) is 0 Å². The predicted octanol–water partition coefficient (Wildman–Crippen LogP) is 4.26. The van der Waals surface area contributed by atoms with Gasteiger partial charge in [0.1, 0.15) is 5.75 Å². The predicted molar refractivity (Wildman–Crippen MR) is 82.7 cm³/mol. The minimum Gasteiger partial charge on any atom is -0.494 e. The number of hydrogen-bond donors (Lipinski definition) is 1. The van der Waals surface area contributed by atoms with E-state index in [1.54, 1.807) is 0 Å². The van der Waals surface area contributed by atoms with Crippen LogP contribution in [0.3, 0.4) is 0 Å². The molecule has 0 heterocycles. The number of benzene rings is 1. The minimum absolute atomic E-state index is 0.582. The summed E-state index contributed by atoms with van der Waals surface area (Å²) in [4.78, 5) is 0. The lowest BCUT2D eigenvalue weighted by atomic mass is 9.92. The molecule has 108 valence electrons. The topological polar surface area (TPSA) is 21.3 Å². The first-order chi connectivity index (χ1) is 9.31. The fourth-order valence-corrected chi connectivity index (χ4v) is 2.51. The molecule has 19 heavy (non-hydrogen) atoms. The Hall–Kier alpha value is -1.02. The van der Waals surface area contributed by atoms with Gasteiger partial charge in [0, 0.05) is 6.04 Å². The van der Waals surface area contributed by atoms with Crippen LogP contribution in [0.1, 0.15) is 46.5 Å². The molecule has 2 nitrogen and oxygen atoms in total. The largest absolute Gasteiger partial charge is 0.494 e. The van der Waals surface area contributed by atoms with Crippen molar-refractivity contribution in [1.82, 2.24) is 5.32 Å². The van der Waals surface area contributed by atoms with E-state index in [-0.39, 0.29) is 0 Å². The van der Waals surface area contributed by atoms with Gasteiger partial charge in [-0.1, -0.05) is 51.8 Å². The number of nitrogens with one attached hydrogen (secondary N) is 1. The summed E-state index contributed by atoms with van der Waals surface area (Å²) in [6.07, 6.45) is 4.75. The Kier molecular flexibility index (Phi) is 8.31. The summed E-state index contributed by atoms with van der Waals surface area (Å²) in [5.74, 6) is 1.73. The van der Waals surface area contributed by atoms with E-state index in [0.717, 1.165) is 31.2 Å². The lowest BCUT2D eigenvalue weighted by Gasteiger charge is -2.26. The van der Waals surface area contributed by atoms with Gasteiger partial charge in [-0.3, -0.25) is 0 Å². The van der Waals surface area contributed by atoms with Crippen LogP contribution < -0.4 is 10.1 Å². The summed E-state index contributed by atoms with van der Waals surface area (Å²) in [5.41, 5.74) is 0. The zero-order valence-electron chi connectivity index (χ0n) is 12.7. The summed E-state index contributed by atoms with van der Waals surface area (Å²) in [6, 6.07) is 10.7. The van der Waals surface area contributed by atoms with Gasteiger partial charge in [0.15, 0.2) is 0 Å². The molecule has 0 aromatic heterocycles. The third-order valence-corrected chi connectivity index (χ3v) is 3.72. The molecular formula is C17H29NO. The maximum Gasteiger partial charge on any atom is 0.119 e. The van der Waals surface area contributed by atoms with Crippen LogP contribution in [-0.2, 0) is 0 Å². The van der Waals surface area contributed by atoms with Crippen molar-refractivity contribution >= 4 is 0 Å². The van der Waals surface area contributed by atoms with Gasteiger partial charge in [-0.15, -0.1) is 0 Å². The molecule has 0 fully saturated rings. The van der Waals surface area contributed by atoms with Crippen LogP contribution in [-0.4, -0.2) is 19.2 Å². The van der Waals surface area contributed by atoms with Crippen LogP contribution in [0, 0.1) is 5.92 Å². The molecule has 2 heteroatoms. The Labute approximate surface area is 118 Å². The van der Waals surface area contributed by atoms with E-state index in [1.807, 2.05) is 30.3 Å². The van der Waals surface area contributed by atoms with Gasteiger partial charge in [0.05, 0.1) is 6.61 Å². The SMILES string of the molecule is CCCNC(CCOc1ccccc1)C(CC)CC. The van der Waals surface area contributed by atoms with Crippen molar-refractivity contribution in [3.8, 4) is 5.75 Å². The Morgan fingerprint density at radius 1 is 1.05 bits per heavy atom. The van der Waals surface area contributed by atoms with Crippen molar-refractivity contribution in [2.24, 2.45) is 5.92 Å². The third-order valence-electron chi connectivity index (χ3n) is 3.72. The maximum absolute atomic E-state index is 5.82. The number of ether oxygens (including phenoxy) is 1. The minimum atomic E-state index is 0.582. The summed E-state index contributed by atoms with van der Waals surface area (Å²) in [6.45, 7) is 8.69. The van der Waals surface area contributed by atoms with E-state index in [0.29, 0.717) is 6.04 Å². The van der Waals surface area contributed by atoms with Crippen molar-refractivity contribution < 1.29 is 4.74 Å². The van der Waals surface area contributed by atoms with Crippen LogP contribution in [0.5, 0.6) is 5.75 Å². The second-order valence-corrected chi connectivity index (χ2v) is 5.09. The van der Waals surface area contributed by atoms with Gasteiger partial charge in [0.2, 0.25) is 0 Å². The molecule has 1 aromatic rings. The van der Waals surface area contributed by atoms with Gasteiger partial charge in [-0.2, -0.15) is 0 Å². The zero-order chi connectivity index (χ0) is 13.9. The van der Waals surface area contributed by atoms with Crippen molar-refractivity contribution in [2.75, 3.05) is 13.2 Å². The smallest absolute Gasteiger partial charge is 0.119 e. The molecule has 1 unspecified atom stereocenters. The molecular weight excluding hydrogens is 234 g/mol. The van der Waals surface area contributed by atoms with E-state index in [1.165, 1.54) is 19.3 Å². The molecule has 1 N–H and O–H groups in total. The second kappa shape index (κ2) is 9.85. The van der Waals surface area contributed by atoms with E-state index in [2.05, 4.69) is 26.1 Å². The number of para-hydroxylation sites is 1. The first kappa shape index (κ1) is 16.0. The van der Waals surface area contributed by atoms with E-state index < -0.39 is 0 Å². The first-order valence-electron chi connectivity index (χ1n) is 7.73. The van der Waals surface area contributed by atoms with Gasteiger partial charge in [0.25, 0.3) is 0 Å². The average molecular weight is 263 g/mol. The van der Waals surface area contributed by atoms with Crippen LogP contribution in [0.25, 0.3) is 0 Å². The van der Waals surface area contributed by atoms with Gasteiger partial charge in [-0.25, -0.2) is 0 Å². The Morgan fingerprint density at radius 3 is 2.32 bits per heavy atom. The maximum atomic E-state index is 5.82. The highest BCUT2D eigenvalue weighted by Crippen LogP contribution is 2.17. The molecule has 0 aliphatic carbocycles. The average Bonchev–Trinajstić information content (AvgIpc) is 2.46. The quantitative estimate of drug-likeness (QED) is 0.681. The van der Waals surface area contributed by atoms with E-state index in [4.69, 9.17) is 4.74 Å². The fourth-order valence-electron chi connectivity index (χ4n) is 2.51. The molecule has 0 saturated carbocycles. The van der Waals surface area contributed by atoms with Crippen LogP contribution in [0.4, 0.5) is 0 Å². The lowest BCUT2D eigenvalue weighted by molar-refractivity contribution is 0.243. The van der Waals surface area contributed by atoms with Crippen LogP contribution >= 0.6 is 0 Å². The molecule has 0 amide bonds. The van der Waals surface area contributed by atoms with Crippen molar-refractivity contribution in [3.05, 3.63) is 30.3 Å². The number of rotatable bonds is 10. The van der Waals surface area contributed by atoms with Crippen molar-refractivity contribution in [2.45, 2.75) is 52.5 Å². The van der Waals surface area contributed by atoms with Crippen molar-refractivity contribution in [3.63, 3.8) is 0 Å². The molecule has 0 aliphatic heterocycles. The Bertz CT molecular complexity index is 308. The first-order valence-corrected chi connectivity index (χ1v) is 7.73. The molecule has 0 saturated heterocycles. The summed E-state index contributed by atoms with van der Waals surface area (Å²) in [7, 11) is 0. The zero-order valence-corrected chi connectivity index (χ0v) is 12.7. The normalized spacial score (nSPS) is 12.6. The molecule has 1 aromatic carbocycles. The summed E-state index contributed by atoms with van der Waals surface area (Å²) < 4.78 is 5.82. The Morgan fingerprint density at radius 2 is 1.74 bits per heavy atom. The van der Waals surface area contributed by atoms with E-state index >= 15 is 0 Å². The molecule has 1 rings (SSSR count). The lowest BCUT2D eigenvalue weighted by Crippen LogP contribution is -2.37. The van der Waals surface area contributed by atoms with Gasteiger partial charge >= 0.3 is 0 Å². The molecule has 0 radical (unpaired) electrons. The van der Waals surface area contributed by atoms with Gasteiger partial charge < -0.3 is 10.1 Å². The third kappa shape index (κ3) is 6.11. The number of hydrogen-bond acceptors (Lipinski definition) is 2. The molecule has 0 aliphatic rings. The fraction of sp³-hybridized carbons (Fsp3) is 0.647. The van der Waals surface area contributed by atoms with Crippen LogP contribution in [0.15, 0.2) is 30.3 Å². The highest BCUT2D eigenvalue weighted by Gasteiger charge is 2.17. The monoisotopic (exact) mass is 263 g/mol. The molecule has 1 atom stereocenters. The van der Waals surface area contributed by atoms with Gasteiger partial charge in [-0.05, 0) is 37.4 Å². The van der Waals surface area contributed by atoms with E-state index in [9.17, 15) is 0 Å². The van der Waals surface area contributed by atoms with Crippen molar-refractivity contribution in [1.29, 1.82) is 0 Å². The Balaban J connectivity index is 2.39. The highest BCUT2D eigenvalue weighted by atomic mass is 16.5.